The third-order valence-electron chi connectivity index (χ3n) is 11.9. The summed E-state index contributed by atoms with van der Waals surface area (Å²) < 4.78 is 5.45. The fraction of sp³-hybridized carbons (Fsp3) is 0.852. The van der Waals surface area contributed by atoms with Crippen molar-refractivity contribution in [2.45, 2.75) is 283 Å². The van der Waals surface area contributed by atoms with Crippen LogP contribution < -0.4 is 5.32 Å². The number of allylic oxidation sites excluding steroid dienone is 6. The van der Waals surface area contributed by atoms with Crippen molar-refractivity contribution in [1.82, 2.24) is 5.32 Å². The highest BCUT2D eigenvalue weighted by Crippen LogP contribution is 2.16. The van der Waals surface area contributed by atoms with Gasteiger partial charge in [0.2, 0.25) is 5.91 Å². The van der Waals surface area contributed by atoms with Gasteiger partial charge in [-0.3, -0.25) is 9.59 Å². The summed E-state index contributed by atoms with van der Waals surface area (Å²) >= 11 is 0. The minimum absolute atomic E-state index is 0.0186. The Morgan fingerprint density at radius 2 is 0.867 bits per heavy atom. The molecule has 0 heterocycles. The molecule has 0 bridgehead atoms. The van der Waals surface area contributed by atoms with Gasteiger partial charge in [-0.25, -0.2) is 0 Å². The maximum Gasteiger partial charge on any atom is 0.305 e. The normalized spacial score (nSPS) is 12.9. The number of carbonyl (C=O) groups excluding carboxylic acids is 2. The first-order valence-electron chi connectivity index (χ1n) is 26.2. The Balaban J connectivity index is 3.48. The minimum atomic E-state index is -0.675. The van der Waals surface area contributed by atoms with E-state index < -0.39 is 12.1 Å². The summed E-state index contributed by atoms with van der Waals surface area (Å²) in [6.07, 6.45) is 59.7. The topological polar surface area (TPSA) is 95.9 Å². The molecular weight excluding hydrogens is 743 g/mol. The van der Waals surface area contributed by atoms with Gasteiger partial charge >= 0.3 is 5.97 Å². The molecule has 0 aliphatic rings. The highest BCUT2D eigenvalue weighted by molar-refractivity contribution is 5.76. The van der Waals surface area contributed by atoms with Gasteiger partial charge in [-0.15, -0.1) is 0 Å². The highest BCUT2D eigenvalue weighted by Gasteiger charge is 2.20. The standard InChI is InChI=1S/C54H101NO5/c1-3-5-7-9-11-13-15-17-23-26-30-34-38-42-46-52(57)51(50-56)55-53(58)47-43-39-35-31-27-24-20-18-19-21-25-29-33-37-41-45-49-60-54(59)48-44-40-36-32-28-22-16-14-12-10-8-6-4-2/h8,10,14,16,18,20,51-52,56-57H,3-7,9,11-13,15,17,19,21-50H2,1-2H3,(H,55,58)/b10-8-,16-14-,20-18-. The number of rotatable bonds is 48. The minimum Gasteiger partial charge on any atom is -0.466 e. The van der Waals surface area contributed by atoms with E-state index in [1.165, 1.54) is 161 Å². The van der Waals surface area contributed by atoms with Crippen molar-refractivity contribution in [1.29, 1.82) is 0 Å². The Morgan fingerprint density at radius 3 is 1.35 bits per heavy atom. The first-order valence-corrected chi connectivity index (χ1v) is 26.2. The zero-order valence-corrected chi connectivity index (χ0v) is 39.9. The summed E-state index contributed by atoms with van der Waals surface area (Å²) in [7, 11) is 0. The lowest BCUT2D eigenvalue weighted by Gasteiger charge is -2.22. The Morgan fingerprint density at radius 1 is 0.467 bits per heavy atom. The molecule has 6 nitrogen and oxygen atoms in total. The van der Waals surface area contributed by atoms with Crippen LogP contribution in [0.25, 0.3) is 0 Å². The van der Waals surface area contributed by atoms with Crippen LogP contribution in [0.3, 0.4) is 0 Å². The van der Waals surface area contributed by atoms with Crippen LogP contribution >= 0.6 is 0 Å². The number of carbonyl (C=O) groups is 2. The lowest BCUT2D eigenvalue weighted by Crippen LogP contribution is -2.45. The molecule has 352 valence electrons. The predicted molar refractivity (Wildman–Crippen MR) is 259 cm³/mol. The average Bonchev–Trinajstić information content (AvgIpc) is 3.25. The van der Waals surface area contributed by atoms with Crippen LogP contribution in [0.2, 0.25) is 0 Å². The molecule has 0 spiro atoms. The number of aliphatic hydroxyl groups is 2. The van der Waals surface area contributed by atoms with E-state index in [1.54, 1.807) is 0 Å². The van der Waals surface area contributed by atoms with Crippen LogP contribution in [0.15, 0.2) is 36.5 Å². The van der Waals surface area contributed by atoms with Gasteiger partial charge in [0.1, 0.15) is 0 Å². The predicted octanol–water partition coefficient (Wildman–Crippen LogP) is 15.7. The molecular formula is C54H101NO5. The number of ether oxygens (including phenoxy) is 1. The van der Waals surface area contributed by atoms with Gasteiger partial charge in [0.25, 0.3) is 0 Å². The van der Waals surface area contributed by atoms with Gasteiger partial charge in [0, 0.05) is 12.8 Å². The van der Waals surface area contributed by atoms with Crippen LogP contribution in [-0.2, 0) is 14.3 Å². The molecule has 6 heteroatoms. The van der Waals surface area contributed by atoms with E-state index in [9.17, 15) is 19.8 Å². The third kappa shape index (κ3) is 45.6. The molecule has 0 aromatic rings. The van der Waals surface area contributed by atoms with E-state index in [-0.39, 0.29) is 18.5 Å². The Bertz CT molecular complexity index is 977. The number of hydrogen-bond acceptors (Lipinski definition) is 5. The highest BCUT2D eigenvalue weighted by atomic mass is 16.5. The summed E-state index contributed by atoms with van der Waals surface area (Å²) in [5.74, 6) is -0.0716. The van der Waals surface area contributed by atoms with Crippen LogP contribution in [0.1, 0.15) is 271 Å². The molecule has 3 N–H and O–H groups in total. The molecule has 2 unspecified atom stereocenters. The molecule has 1 amide bonds. The summed E-state index contributed by atoms with van der Waals surface area (Å²) in [5, 5.41) is 23.2. The number of hydrogen-bond donors (Lipinski definition) is 3. The maximum absolute atomic E-state index is 12.4. The molecule has 0 aromatic heterocycles. The number of nitrogens with one attached hydrogen (secondary N) is 1. The number of amides is 1. The molecule has 0 rings (SSSR count). The zero-order chi connectivity index (χ0) is 43.7. The molecule has 0 aliphatic heterocycles. The van der Waals surface area contributed by atoms with Crippen molar-refractivity contribution < 1.29 is 24.5 Å². The van der Waals surface area contributed by atoms with Crippen molar-refractivity contribution in [2.75, 3.05) is 13.2 Å². The SMILES string of the molecule is CCC/C=C\C/C=C\CCCCCCCC(=O)OCCCCCCCCC/C=C\CCCCCCCC(=O)NC(CO)C(O)CCCCCCCCCCCCCCCC. The monoisotopic (exact) mass is 844 g/mol. The maximum atomic E-state index is 12.4. The second-order valence-corrected chi connectivity index (χ2v) is 17.8. The van der Waals surface area contributed by atoms with Crippen LogP contribution in [0.4, 0.5) is 0 Å². The molecule has 0 saturated heterocycles. The lowest BCUT2D eigenvalue weighted by atomic mass is 10.0. The fourth-order valence-electron chi connectivity index (χ4n) is 7.85. The summed E-state index contributed by atoms with van der Waals surface area (Å²) in [6, 6.07) is -0.554. The summed E-state index contributed by atoms with van der Waals surface area (Å²) in [4.78, 5) is 24.4. The number of esters is 1. The molecule has 0 aliphatic carbocycles. The Labute approximate surface area is 373 Å². The quantitative estimate of drug-likeness (QED) is 0.0322. The van der Waals surface area contributed by atoms with E-state index in [1.807, 2.05) is 0 Å². The second-order valence-electron chi connectivity index (χ2n) is 17.8. The molecule has 0 fully saturated rings. The largest absolute Gasteiger partial charge is 0.466 e. The first-order chi connectivity index (χ1) is 29.5. The molecule has 0 radical (unpaired) electrons. The van der Waals surface area contributed by atoms with E-state index in [4.69, 9.17) is 4.74 Å². The van der Waals surface area contributed by atoms with Crippen molar-refractivity contribution in [3.05, 3.63) is 36.5 Å². The van der Waals surface area contributed by atoms with Crippen LogP contribution in [0, 0.1) is 0 Å². The van der Waals surface area contributed by atoms with E-state index >= 15 is 0 Å². The van der Waals surface area contributed by atoms with Gasteiger partial charge in [-0.05, 0) is 77.0 Å². The first kappa shape index (κ1) is 58.1. The van der Waals surface area contributed by atoms with Crippen molar-refractivity contribution in [3.8, 4) is 0 Å². The van der Waals surface area contributed by atoms with E-state index in [2.05, 4.69) is 55.6 Å². The van der Waals surface area contributed by atoms with Crippen LogP contribution in [-0.4, -0.2) is 47.4 Å². The van der Waals surface area contributed by atoms with Gasteiger partial charge in [0.15, 0.2) is 0 Å². The molecule has 0 saturated carbocycles. The van der Waals surface area contributed by atoms with Gasteiger partial charge in [0.05, 0.1) is 25.4 Å². The van der Waals surface area contributed by atoms with Gasteiger partial charge in [-0.2, -0.15) is 0 Å². The van der Waals surface area contributed by atoms with Crippen molar-refractivity contribution >= 4 is 11.9 Å². The van der Waals surface area contributed by atoms with E-state index in [0.717, 1.165) is 77.0 Å². The van der Waals surface area contributed by atoms with Gasteiger partial charge < -0.3 is 20.3 Å². The van der Waals surface area contributed by atoms with E-state index in [0.29, 0.717) is 25.9 Å². The molecule has 60 heavy (non-hydrogen) atoms. The van der Waals surface area contributed by atoms with Crippen molar-refractivity contribution in [3.63, 3.8) is 0 Å². The number of aliphatic hydroxyl groups excluding tert-OH is 2. The molecule has 0 aromatic carbocycles. The Kier molecular flexibility index (Phi) is 48.1. The Hall–Kier alpha value is -1.92. The third-order valence-corrected chi connectivity index (χ3v) is 11.9. The lowest BCUT2D eigenvalue weighted by molar-refractivity contribution is -0.143. The zero-order valence-electron chi connectivity index (χ0n) is 39.9. The smallest absolute Gasteiger partial charge is 0.305 e. The second kappa shape index (κ2) is 49.7. The van der Waals surface area contributed by atoms with Crippen LogP contribution in [0.5, 0.6) is 0 Å². The fourth-order valence-corrected chi connectivity index (χ4v) is 7.85. The van der Waals surface area contributed by atoms with Gasteiger partial charge in [-0.1, -0.05) is 217 Å². The molecule has 2 atom stereocenters. The average molecular weight is 844 g/mol. The summed E-state index contributed by atoms with van der Waals surface area (Å²) in [5.41, 5.74) is 0. The van der Waals surface area contributed by atoms with Crippen molar-refractivity contribution in [2.24, 2.45) is 0 Å². The number of unbranched alkanes of at least 4 members (excludes halogenated alkanes) is 31. The summed E-state index contributed by atoms with van der Waals surface area (Å²) in [6.45, 7) is 4.85.